The van der Waals surface area contributed by atoms with Gasteiger partial charge in [-0.25, -0.2) is 18.3 Å². The molecule has 14 nitrogen and oxygen atoms in total. The molecule has 0 aliphatic carbocycles. The van der Waals surface area contributed by atoms with Gasteiger partial charge in [-0.1, -0.05) is 12.1 Å². The Labute approximate surface area is 279 Å². The highest BCUT2D eigenvalue weighted by atomic mass is 19.3. The van der Waals surface area contributed by atoms with Crippen LogP contribution in [-0.2, 0) is 20.9 Å². The van der Waals surface area contributed by atoms with Gasteiger partial charge in [0.2, 0.25) is 11.8 Å². The normalized spacial score (nSPS) is 23.1. The van der Waals surface area contributed by atoms with E-state index in [0.29, 0.717) is 37.9 Å². The molecule has 7 heterocycles. The Bertz CT molecular complexity index is 1890. The zero-order valence-corrected chi connectivity index (χ0v) is 26.6. The summed E-state index contributed by atoms with van der Waals surface area (Å²) in [5, 5.41) is 16.7. The molecule has 49 heavy (non-hydrogen) atoms. The number of carbonyl (C=O) groups excluding carboxylic acids is 3. The van der Waals surface area contributed by atoms with E-state index in [1.54, 1.807) is 10.9 Å². The number of fused-ring (bicyclic) bond motifs is 3. The standard InChI is InChI=1S/C33H36F2N10O4/c34-30(35)29-26(38-32(47)24-14-36-44-12-9-27(39-31(24)44)43-16-23-13-22(43)18-49-23)17-45(41-29)21-7-10-42(11-8-21)15-19-1-3-20(4-2-19)37-25-5-6-28(46)40-33(25)48/h1-4,9,12,14,17,21-23,25,30,37H,5-8,10-11,13,15-16,18H2,(H,38,47)(H,40,46,48)/t22-,23-,25?/m1/s1. The van der Waals surface area contributed by atoms with Crippen LogP contribution in [0, 0.1) is 0 Å². The van der Waals surface area contributed by atoms with Crippen molar-refractivity contribution in [1.29, 1.82) is 0 Å². The SMILES string of the molecule is O=C1CCC(Nc2ccc(CN3CCC(n4cc(NC(=O)c5cnn6ccc(N7C[C@H]8C[C@@H]7CO8)nc56)c(C(F)F)n4)CC3)cc2)C(=O)N1. The van der Waals surface area contributed by atoms with Crippen LogP contribution < -0.4 is 20.9 Å². The maximum Gasteiger partial charge on any atom is 0.284 e. The number of ether oxygens (including phenoxy) is 1. The Hall–Kier alpha value is -4.96. The summed E-state index contributed by atoms with van der Waals surface area (Å²) in [6.45, 7) is 3.58. The number of likely N-dealkylation sites (tertiary alicyclic amines) is 1. The number of anilines is 3. The van der Waals surface area contributed by atoms with Crippen LogP contribution in [0.4, 0.5) is 26.0 Å². The van der Waals surface area contributed by atoms with Crippen molar-refractivity contribution in [1.82, 2.24) is 34.6 Å². The summed E-state index contributed by atoms with van der Waals surface area (Å²) in [5.74, 6) is -0.415. The fourth-order valence-corrected chi connectivity index (χ4v) is 7.24. The van der Waals surface area contributed by atoms with E-state index in [1.165, 1.54) is 16.9 Å². The number of carbonyl (C=O) groups is 3. The molecule has 3 atom stereocenters. The lowest BCUT2D eigenvalue weighted by Gasteiger charge is -2.32. The van der Waals surface area contributed by atoms with Gasteiger partial charge in [-0.2, -0.15) is 10.2 Å². The summed E-state index contributed by atoms with van der Waals surface area (Å²) in [6.07, 6.45) is 5.08. The highest BCUT2D eigenvalue weighted by Crippen LogP contribution is 2.33. The summed E-state index contributed by atoms with van der Waals surface area (Å²) in [4.78, 5) is 46.0. The quantitative estimate of drug-likeness (QED) is 0.226. The molecule has 4 aliphatic rings. The molecule has 4 saturated heterocycles. The second kappa shape index (κ2) is 12.8. The van der Waals surface area contributed by atoms with Crippen molar-refractivity contribution in [2.24, 2.45) is 0 Å². The molecule has 4 fully saturated rings. The maximum absolute atomic E-state index is 14.1. The number of nitrogens with one attached hydrogen (secondary N) is 3. The molecule has 8 rings (SSSR count). The third kappa shape index (κ3) is 6.33. The summed E-state index contributed by atoms with van der Waals surface area (Å²) < 4.78 is 37.0. The molecular formula is C33H36F2N10O4. The average Bonchev–Trinajstić information content (AvgIpc) is 3.91. The van der Waals surface area contributed by atoms with Gasteiger partial charge in [0.15, 0.2) is 11.3 Å². The van der Waals surface area contributed by atoms with Gasteiger partial charge in [-0.15, -0.1) is 0 Å². The topological polar surface area (TPSA) is 151 Å². The Morgan fingerprint density at radius 3 is 2.61 bits per heavy atom. The smallest absolute Gasteiger partial charge is 0.284 e. The Balaban J connectivity index is 0.890. The lowest BCUT2D eigenvalue weighted by molar-refractivity contribution is -0.133. The number of morpholine rings is 1. The van der Waals surface area contributed by atoms with E-state index in [9.17, 15) is 23.2 Å². The molecule has 0 spiro atoms. The van der Waals surface area contributed by atoms with Gasteiger partial charge in [0.25, 0.3) is 12.3 Å². The number of hydrogen-bond acceptors (Lipinski definition) is 10. The van der Waals surface area contributed by atoms with Crippen LogP contribution in [0.25, 0.3) is 5.65 Å². The van der Waals surface area contributed by atoms with Crippen molar-refractivity contribution >= 4 is 40.6 Å². The molecule has 3 amide bonds. The predicted octanol–water partition coefficient (Wildman–Crippen LogP) is 3.15. The average molecular weight is 675 g/mol. The largest absolute Gasteiger partial charge is 0.374 e. The van der Waals surface area contributed by atoms with E-state index < -0.39 is 24.1 Å². The molecule has 0 saturated carbocycles. The van der Waals surface area contributed by atoms with Gasteiger partial charge in [0.1, 0.15) is 17.4 Å². The van der Waals surface area contributed by atoms with E-state index in [4.69, 9.17) is 9.72 Å². The molecule has 4 aliphatic heterocycles. The van der Waals surface area contributed by atoms with E-state index in [1.807, 2.05) is 30.3 Å². The molecule has 2 bridgehead atoms. The minimum absolute atomic E-state index is 0.0297. The molecule has 1 unspecified atom stereocenters. The molecule has 4 aromatic rings. The zero-order chi connectivity index (χ0) is 33.6. The summed E-state index contributed by atoms with van der Waals surface area (Å²) in [5.41, 5.74) is 1.94. The van der Waals surface area contributed by atoms with Gasteiger partial charge in [-0.05, 0) is 49.4 Å². The fraction of sp³-hybridized carbons (Fsp3) is 0.455. The maximum atomic E-state index is 14.1. The minimum atomic E-state index is -2.87. The first kappa shape index (κ1) is 31.3. The number of aromatic nitrogens is 5. The highest BCUT2D eigenvalue weighted by Gasteiger charge is 2.40. The monoisotopic (exact) mass is 674 g/mol. The van der Waals surface area contributed by atoms with Gasteiger partial charge >= 0.3 is 0 Å². The third-order valence-electron chi connectivity index (χ3n) is 9.88. The second-order valence-electron chi connectivity index (χ2n) is 13.1. The Morgan fingerprint density at radius 1 is 1.08 bits per heavy atom. The van der Waals surface area contributed by atoms with Crippen molar-refractivity contribution < 1.29 is 27.9 Å². The molecule has 1 aromatic carbocycles. The van der Waals surface area contributed by atoms with Gasteiger partial charge in [-0.3, -0.25) is 29.3 Å². The van der Waals surface area contributed by atoms with Gasteiger partial charge in [0.05, 0.1) is 36.7 Å². The van der Waals surface area contributed by atoms with Crippen LogP contribution in [0.5, 0.6) is 0 Å². The first-order valence-electron chi connectivity index (χ1n) is 16.6. The van der Waals surface area contributed by atoms with Crippen molar-refractivity contribution in [3.05, 3.63) is 65.7 Å². The summed E-state index contributed by atoms with van der Waals surface area (Å²) >= 11 is 0. The van der Waals surface area contributed by atoms with E-state index in [-0.39, 0.29) is 41.3 Å². The highest BCUT2D eigenvalue weighted by molar-refractivity contribution is 6.08. The first-order chi connectivity index (χ1) is 23.8. The van der Waals surface area contributed by atoms with Crippen molar-refractivity contribution in [2.75, 3.05) is 41.8 Å². The Morgan fingerprint density at radius 2 is 1.90 bits per heavy atom. The zero-order valence-electron chi connectivity index (χ0n) is 26.6. The molecule has 256 valence electrons. The van der Waals surface area contributed by atoms with Crippen molar-refractivity contribution in [3.63, 3.8) is 0 Å². The van der Waals surface area contributed by atoms with E-state index in [2.05, 4.69) is 35.9 Å². The molecule has 3 aromatic heterocycles. The number of benzene rings is 1. The number of hydrogen-bond donors (Lipinski definition) is 3. The van der Waals surface area contributed by atoms with Crippen LogP contribution in [0.2, 0.25) is 0 Å². The number of piperidine rings is 2. The molecular weight excluding hydrogens is 638 g/mol. The van der Waals surface area contributed by atoms with E-state index >= 15 is 0 Å². The van der Waals surface area contributed by atoms with Crippen LogP contribution in [0.3, 0.4) is 0 Å². The Kier molecular flexibility index (Phi) is 8.19. The second-order valence-corrected chi connectivity index (χ2v) is 13.1. The predicted molar refractivity (Wildman–Crippen MR) is 173 cm³/mol. The third-order valence-corrected chi connectivity index (χ3v) is 9.88. The van der Waals surface area contributed by atoms with Crippen LogP contribution in [-0.4, -0.2) is 91.4 Å². The number of halogens is 2. The van der Waals surface area contributed by atoms with Crippen LogP contribution in [0.15, 0.2) is 48.9 Å². The lowest BCUT2D eigenvalue weighted by atomic mass is 10.0. The molecule has 3 N–H and O–H groups in total. The van der Waals surface area contributed by atoms with Gasteiger partial charge in [0, 0.05) is 50.7 Å². The van der Waals surface area contributed by atoms with Crippen molar-refractivity contribution in [3.8, 4) is 0 Å². The van der Waals surface area contributed by atoms with Gasteiger partial charge < -0.3 is 20.3 Å². The lowest BCUT2D eigenvalue weighted by Crippen LogP contribution is -2.47. The molecule has 16 heteroatoms. The number of nitrogens with zero attached hydrogens (tertiary/aromatic N) is 7. The van der Waals surface area contributed by atoms with E-state index in [0.717, 1.165) is 49.7 Å². The van der Waals surface area contributed by atoms with Crippen molar-refractivity contribution in [2.45, 2.75) is 69.3 Å². The number of rotatable bonds is 9. The summed E-state index contributed by atoms with van der Waals surface area (Å²) in [6, 6.07) is 9.41. The number of amides is 3. The van der Waals surface area contributed by atoms with Crippen LogP contribution in [0.1, 0.15) is 66.2 Å². The fourth-order valence-electron chi connectivity index (χ4n) is 7.24. The summed E-state index contributed by atoms with van der Waals surface area (Å²) in [7, 11) is 0. The first-order valence-corrected chi connectivity index (χ1v) is 16.6. The molecule has 0 radical (unpaired) electrons. The minimum Gasteiger partial charge on any atom is -0.374 e. The number of alkyl halides is 2. The van der Waals surface area contributed by atoms with Crippen LogP contribution >= 0.6 is 0 Å². The number of imide groups is 1.